The standard InChI is InChI=1S/C14H19NO/c1-16-14(8-9-14)12-6-3-2-5-11(12)13-7-4-10-15-13/h2-3,5-6,13,15H,4,7-10H2,1H3. The molecule has 1 aromatic rings. The van der Waals surface area contributed by atoms with Crippen molar-refractivity contribution in [2.75, 3.05) is 13.7 Å². The van der Waals surface area contributed by atoms with Crippen molar-refractivity contribution in [3.63, 3.8) is 0 Å². The third-order valence-electron chi connectivity index (χ3n) is 3.98. The molecule has 0 aromatic heterocycles. The summed E-state index contributed by atoms with van der Waals surface area (Å²) < 4.78 is 5.71. The topological polar surface area (TPSA) is 21.3 Å². The average Bonchev–Trinajstić information content (AvgIpc) is 2.95. The Bertz CT molecular complexity index is 378. The van der Waals surface area contributed by atoms with Gasteiger partial charge in [-0.05, 0) is 43.4 Å². The van der Waals surface area contributed by atoms with Crippen LogP contribution in [0.4, 0.5) is 0 Å². The zero-order valence-corrected chi connectivity index (χ0v) is 9.83. The molecule has 16 heavy (non-hydrogen) atoms. The van der Waals surface area contributed by atoms with Crippen LogP contribution < -0.4 is 5.32 Å². The van der Waals surface area contributed by atoms with Gasteiger partial charge in [0.15, 0.2) is 0 Å². The molecule has 0 bridgehead atoms. The van der Waals surface area contributed by atoms with Gasteiger partial charge < -0.3 is 10.1 Å². The van der Waals surface area contributed by atoms with Gasteiger partial charge in [0.25, 0.3) is 0 Å². The lowest BCUT2D eigenvalue weighted by Crippen LogP contribution is -2.19. The number of methoxy groups -OCH3 is 1. The maximum absolute atomic E-state index is 5.71. The average molecular weight is 217 g/mol. The molecular weight excluding hydrogens is 198 g/mol. The van der Waals surface area contributed by atoms with E-state index in [1.807, 2.05) is 7.11 Å². The largest absolute Gasteiger partial charge is 0.374 e. The van der Waals surface area contributed by atoms with E-state index in [4.69, 9.17) is 4.74 Å². The molecule has 2 fully saturated rings. The molecule has 1 saturated heterocycles. The first kappa shape index (κ1) is 10.3. The van der Waals surface area contributed by atoms with Crippen molar-refractivity contribution < 1.29 is 4.74 Å². The molecule has 2 aliphatic rings. The molecule has 2 heteroatoms. The van der Waals surface area contributed by atoms with Gasteiger partial charge in [-0.2, -0.15) is 0 Å². The molecular formula is C14H19NO. The summed E-state index contributed by atoms with van der Waals surface area (Å²) >= 11 is 0. The molecule has 3 rings (SSSR count). The Hall–Kier alpha value is -0.860. The third-order valence-corrected chi connectivity index (χ3v) is 3.98. The fourth-order valence-electron chi connectivity index (χ4n) is 2.86. The van der Waals surface area contributed by atoms with Crippen LogP contribution in [0.2, 0.25) is 0 Å². The highest BCUT2D eigenvalue weighted by atomic mass is 16.5. The molecule has 1 N–H and O–H groups in total. The highest BCUT2D eigenvalue weighted by molar-refractivity contribution is 5.38. The molecule has 0 radical (unpaired) electrons. The highest BCUT2D eigenvalue weighted by Gasteiger charge is 2.46. The Morgan fingerprint density at radius 3 is 2.75 bits per heavy atom. The van der Waals surface area contributed by atoms with E-state index < -0.39 is 0 Å². The molecule has 2 nitrogen and oxygen atoms in total. The molecule has 86 valence electrons. The van der Waals surface area contributed by atoms with Gasteiger partial charge in [-0.1, -0.05) is 24.3 Å². The van der Waals surface area contributed by atoms with Crippen molar-refractivity contribution in [3.05, 3.63) is 35.4 Å². The van der Waals surface area contributed by atoms with Crippen LogP contribution in [0.25, 0.3) is 0 Å². The number of hydrogen-bond donors (Lipinski definition) is 1. The molecule has 1 atom stereocenters. The maximum Gasteiger partial charge on any atom is 0.0933 e. The fourth-order valence-corrected chi connectivity index (χ4v) is 2.86. The summed E-state index contributed by atoms with van der Waals surface area (Å²) in [6.45, 7) is 1.15. The van der Waals surface area contributed by atoms with E-state index >= 15 is 0 Å². The second-order valence-corrected chi connectivity index (χ2v) is 4.93. The quantitative estimate of drug-likeness (QED) is 0.840. The Kier molecular flexibility index (Phi) is 2.49. The van der Waals surface area contributed by atoms with Gasteiger partial charge in [0.05, 0.1) is 5.60 Å². The van der Waals surface area contributed by atoms with Crippen molar-refractivity contribution in [2.24, 2.45) is 0 Å². The molecule has 1 heterocycles. The number of rotatable bonds is 3. The van der Waals surface area contributed by atoms with Crippen molar-refractivity contribution >= 4 is 0 Å². The first-order valence-electron chi connectivity index (χ1n) is 6.24. The monoisotopic (exact) mass is 217 g/mol. The summed E-state index contributed by atoms with van der Waals surface area (Å²) in [5.41, 5.74) is 2.91. The minimum Gasteiger partial charge on any atom is -0.374 e. The second kappa shape index (κ2) is 3.86. The van der Waals surface area contributed by atoms with E-state index in [-0.39, 0.29) is 5.60 Å². The zero-order chi connectivity index (χ0) is 11.0. The van der Waals surface area contributed by atoms with E-state index in [9.17, 15) is 0 Å². The minimum absolute atomic E-state index is 0.0425. The first-order chi connectivity index (χ1) is 7.86. The lowest BCUT2D eigenvalue weighted by atomic mass is 9.94. The van der Waals surface area contributed by atoms with Crippen LogP contribution in [-0.4, -0.2) is 13.7 Å². The van der Waals surface area contributed by atoms with Crippen molar-refractivity contribution in [1.82, 2.24) is 5.32 Å². The predicted octanol–water partition coefficient (Wildman–Crippen LogP) is 2.75. The van der Waals surface area contributed by atoms with Crippen LogP contribution in [0.1, 0.15) is 42.9 Å². The van der Waals surface area contributed by atoms with E-state index in [1.54, 1.807) is 0 Å². The van der Waals surface area contributed by atoms with E-state index in [2.05, 4.69) is 29.6 Å². The summed E-state index contributed by atoms with van der Waals surface area (Å²) in [6.07, 6.45) is 4.90. The second-order valence-electron chi connectivity index (χ2n) is 4.93. The number of nitrogens with one attached hydrogen (secondary N) is 1. The summed E-state index contributed by atoms with van der Waals surface area (Å²) in [5.74, 6) is 0. The molecule has 1 aliphatic carbocycles. The summed E-state index contributed by atoms with van der Waals surface area (Å²) in [6, 6.07) is 9.32. The third kappa shape index (κ3) is 1.57. The van der Waals surface area contributed by atoms with Crippen LogP contribution in [-0.2, 0) is 10.3 Å². The van der Waals surface area contributed by atoms with Gasteiger partial charge in [0, 0.05) is 13.2 Å². The number of hydrogen-bond acceptors (Lipinski definition) is 2. The minimum atomic E-state index is 0.0425. The predicted molar refractivity (Wildman–Crippen MR) is 64.3 cm³/mol. The van der Waals surface area contributed by atoms with Crippen LogP contribution in [0.15, 0.2) is 24.3 Å². The van der Waals surface area contributed by atoms with Crippen molar-refractivity contribution in [2.45, 2.75) is 37.3 Å². The maximum atomic E-state index is 5.71. The zero-order valence-electron chi connectivity index (χ0n) is 9.83. The van der Waals surface area contributed by atoms with Crippen molar-refractivity contribution in [3.8, 4) is 0 Å². The first-order valence-corrected chi connectivity index (χ1v) is 6.24. The lowest BCUT2D eigenvalue weighted by Gasteiger charge is -2.21. The highest BCUT2D eigenvalue weighted by Crippen LogP contribution is 2.51. The van der Waals surface area contributed by atoms with Crippen molar-refractivity contribution in [1.29, 1.82) is 0 Å². The van der Waals surface area contributed by atoms with E-state index in [0.29, 0.717) is 6.04 Å². The van der Waals surface area contributed by atoms with Gasteiger partial charge in [0.2, 0.25) is 0 Å². The fraction of sp³-hybridized carbons (Fsp3) is 0.571. The lowest BCUT2D eigenvalue weighted by molar-refractivity contribution is 0.0777. The molecule has 1 aromatic carbocycles. The molecule has 1 aliphatic heterocycles. The molecule has 1 saturated carbocycles. The molecule has 0 spiro atoms. The summed E-state index contributed by atoms with van der Waals surface area (Å²) in [7, 11) is 1.84. The summed E-state index contributed by atoms with van der Waals surface area (Å²) in [5, 5.41) is 3.58. The van der Waals surface area contributed by atoms with Gasteiger partial charge in [0.1, 0.15) is 0 Å². The molecule has 1 unspecified atom stereocenters. The molecule has 0 amide bonds. The van der Waals surface area contributed by atoms with Crippen LogP contribution in [0.3, 0.4) is 0 Å². The van der Waals surface area contributed by atoms with Gasteiger partial charge in [-0.15, -0.1) is 0 Å². The normalized spacial score (nSPS) is 26.9. The SMILES string of the molecule is COC1(c2ccccc2C2CCCN2)CC1. The van der Waals surface area contributed by atoms with E-state index in [0.717, 1.165) is 6.54 Å². The Morgan fingerprint density at radius 2 is 2.12 bits per heavy atom. The Morgan fingerprint density at radius 1 is 1.31 bits per heavy atom. The van der Waals surface area contributed by atoms with Gasteiger partial charge in [-0.25, -0.2) is 0 Å². The van der Waals surface area contributed by atoms with Crippen LogP contribution in [0.5, 0.6) is 0 Å². The van der Waals surface area contributed by atoms with Crippen LogP contribution in [0, 0.1) is 0 Å². The smallest absolute Gasteiger partial charge is 0.0933 e. The van der Waals surface area contributed by atoms with Gasteiger partial charge >= 0.3 is 0 Å². The summed E-state index contributed by atoms with van der Waals surface area (Å²) in [4.78, 5) is 0. The number of benzene rings is 1. The van der Waals surface area contributed by atoms with E-state index in [1.165, 1.54) is 36.8 Å². The van der Waals surface area contributed by atoms with Crippen LogP contribution >= 0.6 is 0 Å². The Balaban J connectivity index is 1.97. The Labute approximate surface area is 97.0 Å². The number of ether oxygens (including phenoxy) is 1. The van der Waals surface area contributed by atoms with Gasteiger partial charge in [-0.3, -0.25) is 0 Å².